The molecule has 4 nitrogen and oxygen atoms in total. The number of benzene rings is 2. The van der Waals surface area contributed by atoms with Gasteiger partial charge in [-0.05, 0) is 30.9 Å². The molecule has 0 unspecified atom stereocenters. The zero-order chi connectivity index (χ0) is 14.3. The summed E-state index contributed by atoms with van der Waals surface area (Å²) in [6.07, 6.45) is 2.25. The molecule has 20 heavy (non-hydrogen) atoms. The van der Waals surface area contributed by atoms with E-state index < -0.39 is 10.0 Å². The van der Waals surface area contributed by atoms with Crippen LogP contribution in [-0.4, -0.2) is 26.3 Å². The van der Waals surface area contributed by atoms with Crippen molar-refractivity contribution in [3.05, 3.63) is 36.4 Å². The maximum absolute atomic E-state index is 12.7. The normalized spacial score (nSPS) is 15.9. The van der Waals surface area contributed by atoms with Gasteiger partial charge in [-0.3, -0.25) is 0 Å². The molecule has 0 aliphatic heterocycles. The molecule has 1 aliphatic carbocycles. The largest absolute Gasteiger partial charge is 0.398 e. The van der Waals surface area contributed by atoms with Crippen LogP contribution in [0.1, 0.15) is 12.8 Å². The minimum Gasteiger partial charge on any atom is -0.398 e. The summed E-state index contributed by atoms with van der Waals surface area (Å²) >= 11 is 0. The fraction of sp³-hybridized carbons (Fsp3) is 0.333. The van der Waals surface area contributed by atoms with Crippen molar-refractivity contribution in [1.82, 2.24) is 4.31 Å². The van der Waals surface area contributed by atoms with Gasteiger partial charge in [-0.15, -0.1) is 0 Å². The Morgan fingerprint density at radius 3 is 2.45 bits per heavy atom. The standard InChI is InChI=1S/C15H18N2O2S/c1-17(10-11-6-7-11)20(18,19)15-9-8-14(16)12-4-2-3-5-13(12)15/h2-5,8-9,11H,6-7,10,16H2,1H3. The lowest BCUT2D eigenvalue weighted by Gasteiger charge is -2.18. The Labute approximate surface area is 119 Å². The van der Waals surface area contributed by atoms with Crippen molar-refractivity contribution in [3.63, 3.8) is 0 Å². The van der Waals surface area contributed by atoms with E-state index in [1.807, 2.05) is 24.3 Å². The third-order valence-corrected chi connectivity index (χ3v) is 5.70. The summed E-state index contributed by atoms with van der Waals surface area (Å²) in [4.78, 5) is 0.338. The van der Waals surface area contributed by atoms with Crippen molar-refractivity contribution in [1.29, 1.82) is 0 Å². The van der Waals surface area contributed by atoms with Crippen molar-refractivity contribution in [3.8, 4) is 0 Å². The van der Waals surface area contributed by atoms with Gasteiger partial charge in [0.15, 0.2) is 0 Å². The Morgan fingerprint density at radius 2 is 1.80 bits per heavy atom. The number of hydrogen-bond donors (Lipinski definition) is 1. The van der Waals surface area contributed by atoms with Crippen LogP contribution in [-0.2, 0) is 10.0 Å². The third-order valence-electron chi connectivity index (χ3n) is 3.82. The van der Waals surface area contributed by atoms with Crippen LogP contribution in [0.15, 0.2) is 41.3 Å². The van der Waals surface area contributed by atoms with Crippen LogP contribution in [0.25, 0.3) is 10.8 Å². The first-order valence-electron chi connectivity index (χ1n) is 6.73. The fourth-order valence-electron chi connectivity index (χ4n) is 2.45. The number of anilines is 1. The van der Waals surface area contributed by atoms with Gasteiger partial charge in [-0.25, -0.2) is 12.7 Å². The summed E-state index contributed by atoms with van der Waals surface area (Å²) in [5, 5.41) is 1.48. The molecule has 3 rings (SSSR count). The highest BCUT2D eigenvalue weighted by Crippen LogP contribution is 2.33. The van der Waals surface area contributed by atoms with Gasteiger partial charge in [-0.2, -0.15) is 0 Å². The first-order valence-corrected chi connectivity index (χ1v) is 8.17. The van der Waals surface area contributed by atoms with E-state index in [-0.39, 0.29) is 0 Å². The highest BCUT2D eigenvalue weighted by molar-refractivity contribution is 7.89. The topological polar surface area (TPSA) is 63.4 Å². The molecule has 2 aromatic carbocycles. The van der Waals surface area contributed by atoms with Crippen LogP contribution in [0.2, 0.25) is 0 Å². The highest BCUT2D eigenvalue weighted by atomic mass is 32.2. The second-order valence-electron chi connectivity index (χ2n) is 5.43. The summed E-state index contributed by atoms with van der Waals surface area (Å²) in [6, 6.07) is 10.6. The van der Waals surface area contributed by atoms with E-state index in [0.717, 1.165) is 18.2 Å². The summed E-state index contributed by atoms with van der Waals surface area (Å²) < 4.78 is 26.9. The molecule has 0 saturated heterocycles. The van der Waals surface area contributed by atoms with E-state index in [0.29, 0.717) is 28.4 Å². The lowest BCUT2D eigenvalue weighted by molar-refractivity contribution is 0.453. The quantitative estimate of drug-likeness (QED) is 0.880. The smallest absolute Gasteiger partial charge is 0.243 e. The molecular formula is C15H18N2O2S. The summed E-state index contributed by atoms with van der Waals surface area (Å²) in [5.41, 5.74) is 6.53. The molecule has 1 fully saturated rings. The summed E-state index contributed by atoms with van der Waals surface area (Å²) in [6.45, 7) is 0.598. The van der Waals surface area contributed by atoms with E-state index in [2.05, 4.69) is 0 Å². The maximum atomic E-state index is 12.7. The van der Waals surface area contributed by atoms with Gasteiger partial charge in [-0.1, -0.05) is 24.3 Å². The first kappa shape index (κ1) is 13.4. The molecule has 0 atom stereocenters. The van der Waals surface area contributed by atoms with E-state index >= 15 is 0 Å². The highest BCUT2D eigenvalue weighted by Gasteiger charge is 2.30. The van der Waals surface area contributed by atoms with E-state index in [9.17, 15) is 8.42 Å². The Kier molecular flexibility index (Phi) is 3.18. The van der Waals surface area contributed by atoms with Gasteiger partial charge in [0, 0.05) is 30.1 Å². The Hall–Kier alpha value is -1.59. The van der Waals surface area contributed by atoms with E-state index in [4.69, 9.17) is 5.73 Å². The lowest BCUT2D eigenvalue weighted by atomic mass is 10.1. The molecule has 0 spiro atoms. The average molecular weight is 290 g/mol. The maximum Gasteiger partial charge on any atom is 0.243 e. The SMILES string of the molecule is CN(CC1CC1)S(=O)(=O)c1ccc(N)c2ccccc12. The number of sulfonamides is 1. The second kappa shape index (κ2) is 4.75. The number of nitrogens with two attached hydrogens (primary N) is 1. The zero-order valence-corrected chi connectivity index (χ0v) is 12.2. The van der Waals surface area contributed by atoms with Crippen LogP contribution >= 0.6 is 0 Å². The predicted molar refractivity (Wildman–Crippen MR) is 80.9 cm³/mol. The van der Waals surface area contributed by atoms with Crippen LogP contribution in [0, 0.1) is 5.92 Å². The molecule has 0 aromatic heterocycles. The van der Waals surface area contributed by atoms with Crippen LogP contribution in [0.4, 0.5) is 5.69 Å². The van der Waals surface area contributed by atoms with E-state index in [1.54, 1.807) is 19.2 Å². The average Bonchev–Trinajstić information content (AvgIpc) is 3.23. The molecule has 1 saturated carbocycles. The van der Waals surface area contributed by atoms with Gasteiger partial charge in [0.2, 0.25) is 10.0 Å². The number of hydrogen-bond acceptors (Lipinski definition) is 3. The Bertz CT molecular complexity index is 752. The minimum absolute atomic E-state index is 0.338. The van der Waals surface area contributed by atoms with Gasteiger partial charge >= 0.3 is 0 Å². The summed E-state index contributed by atoms with van der Waals surface area (Å²) in [5.74, 6) is 0.523. The molecule has 2 N–H and O–H groups in total. The minimum atomic E-state index is -3.46. The van der Waals surface area contributed by atoms with Crippen molar-refractivity contribution in [2.75, 3.05) is 19.3 Å². The molecule has 1 aliphatic rings. The van der Waals surface area contributed by atoms with E-state index in [1.165, 1.54) is 4.31 Å². The monoisotopic (exact) mass is 290 g/mol. The van der Waals surface area contributed by atoms with Crippen LogP contribution in [0.5, 0.6) is 0 Å². The van der Waals surface area contributed by atoms with Crippen molar-refractivity contribution < 1.29 is 8.42 Å². The first-order chi connectivity index (χ1) is 9.50. The predicted octanol–water partition coefficient (Wildman–Crippen LogP) is 2.45. The number of rotatable bonds is 4. The van der Waals surface area contributed by atoms with Crippen molar-refractivity contribution >= 4 is 26.5 Å². The summed E-state index contributed by atoms with van der Waals surface area (Å²) in [7, 11) is -1.81. The van der Waals surface area contributed by atoms with Crippen LogP contribution in [0.3, 0.4) is 0 Å². The van der Waals surface area contributed by atoms with Gasteiger partial charge in [0.05, 0.1) is 4.90 Å². The molecule has 5 heteroatoms. The van der Waals surface area contributed by atoms with Gasteiger partial charge in [0.25, 0.3) is 0 Å². The third kappa shape index (κ3) is 2.27. The molecule has 106 valence electrons. The Morgan fingerprint density at radius 1 is 1.15 bits per heavy atom. The lowest BCUT2D eigenvalue weighted by Crippen LogP contribution is -2.29. The van der Waals surface area contributed by atoms with Crippen LogP contribution < -0.4 is 5.73 Å². The number of fused-ring (bicyclic) bond motifs is 1. The molecule has 0 heterocycles. The van der Waals surface area contributed by atoms with Crippen molar-refractivity contribution in [2.45, 2.75) is 17.7 Å². The molecule has 0 bridgehead atoms. The number of nitrogen functional groups attached to an aromatic ring is 1. The second-order valence-corrected chi connectivity index (χ2v) is 7.44. The van der Waals surface area contributed by atoms with Crippen molar-refractivity contribution in [2.24, 2.45) is 5.92 Å². The van der Waals surface area contributed by atoms with Gasteiger partial charge in [0.1, 0.15) is 0 Å². The number of nitrogens with zero attached hydrogens (tertiary/aromatic N) is 1. The Balaban J connectivity index is 2.11. The molecule has 2 aromatic rings. The molecule has 0 amide bonds. The molecule has 0 radical (unpaired) electrons. The zero-order valence-electron chi connectivity index (χ0n) is 11.4. The fourth-order valence-corrected chi connectivity index (χ4v) is 3.89. The molecular weight excluding hydrogens is 272 g/mol. The van der Waals surface area contributed by atoms with Gasteiger partial charge < -0.3 is 5.73 Å².